The van der Waals surface area contributed by atoms with E-state index >= 15 is 0 Å². The predicted molar refractivity (Wildman–Crippen MR) is 117 cm³/mol. The van der Waals surface area contributed by atoms with Gasteiger partial charge in [-0.05, 0) is 49.7 Å². The van der Waals surface area contributed by atoms with Crippen LogP contribution < -0.4 is 5.32 Å². The number of halogens is 2. The number of carbonyl (C=O) groups is 1. The van der Waals surface area contributed by atoms with E-state index in [-0.39, 0.29) is 17.2 Å². The fraction of sp³-hybridized carbons (Fsp3) is 0.125. The molecule has 0 fully saturated rings. The third-order valence-corrected chi connectivity index (χ3v) is 5.03. The lowest BCUT2D eigenvalue weighted by atomic mass is 10.1. The smallest absolute Gasteiger partial charge is 0.255 e. The average molecular weight is 418 g/mol. The van der Waals surface area contributed by atoms with Gasteiger partial charge in [-0.1, -0.05) is 25.1 Å². The Labute approximate surface area is 178 Å². The second kappa shape index (κ2) is 8.47. The van der Waals surface area contributed by atoms with Crippen LogP contribution in [-0.4, -0.2) is 20.3 Å². The number of rotatable bonds is 5. The number of hydrogen-bond acceptors (Lipinski definition) is 3. The first kappa shape index (κ1) is 20.4. The molecule has 156 valence electrons. The van der Waals surface area contributed by atoms with Gasteiger partial charge in [0.05, 0.1) is 11.4 Å². The molecule has 31 heavy (non-hydrogen) atoms. The predicted octanol–water partition coefficient (Wildman–Crippen LogP) is 5.62. The number of carbonyl (C=O) groups excluding carboxylic acids is 1. The van der Waals surface area contributed by atoms with Crippen LogP contribution in [0.2, 0.25) is 0 Å². The molecule has 1 aromatic carbocycles. The molecule has 0 unspecified atom stereocenters. The van der Waals surface area contributed by atoms with E-state index in [1.54, 1.807) is 18.2 Å². The molecule has 0 atom stereocenters. The molecule has 3 heterocycles. The summed E-state index contributed by atoms with van der Waals surface area (Å²) in [6, 6.07) is 13.8. The Hall–Kier alpha value is -3.87. The molecule has 0 aliphatic carbocycles. The molecule has 4 aromatic rings. The molecule has 0 aliphatic rings. The number of amides is 1. The fourth-order valence-corrected chi connectivity index (χ4v) is 3.32. The molecule has 0 aliphatic heterocycles. The summed E-state index contributed by atoms with van der Waals surface area (Å²) in [5.41, 5.74) is 3.72. The summed E-state index contributed by atoms with van der Waals surface area (Å²) >= 11 is 0. The number of imidazole rings is 1. The minimum atomic E-state index is -1.05. The summed E-state index contributed by atoms with van der Waals surface area (Å²) in [5.74, 6) is -2.43. The number of benzene rings is 1. The molecule has 0 saturated heterocycles. The van der Waals surface area contributed by atoms with Gasteiger partial charge in [-0.25, -0.2) is 13.8 Å². The Bertz CT molecular complexity index is 1280. The Kier molecular flexibility index (Phi) is 5.58. The Morgan fingerprint density at radius 3 is 2.42 bits per heavy atom. The van der Waals surface area contributed by atoms with E-state index in [1.807, 2.05) is 30.5 Å². The molecule has 3 aromatic heterocycles. The molecular weight excluding hydrogens is 398 g/mol. The van der Waals surface area contributed by atoms with Crippen molar-refractivity contribution < 1.29 is 13.6 Å². The molecule has 1 amide bonds. The van der Waals surface area contributed by atoms with Gasteiger partial charge in [-0.3, -0.25) is 9.78 Å². The van der Waals surface area contributed by atoms with Crippen LogP contribution >= 0.6 is 0 Å². The van der Waals surface area contributed by atoms with E-state index in [2.05, 4.69) is 15.3 Å². The standard InChI is InChI=1S/C24H20F2N4O/c1-3-19-15(2)30-14-18(11-12-21(30)29-19)28-24(31)17-9-7-16(8-10-17)22(25)23(26)20-6-4-5-13-27-20/h4-14H,3H2,1-2H3,(H,28,31)/b23-22-. The van der Waals surface area contributed by atoms with Gasteiger partial charge in [0.2, 0.25) is 0 Å². The Balaban J connectivity index is 1.53. The molecule has 7 heteroatoms. The van der Waals surface area contributed by atoms with E-state index in [4.69, 9.17) is 0 Å². The number of nitrogens with zero attached hydrogens (tertiary/aromatic N) is 3. The average Bonchev–Trinajstić information content (AvgIpc) is 3.14. The maximum Gasteiger partial charge on any atom is 0.255 e. The SMILES string of the molecule is CCc1nc2ccc(NC(=O)c3ccc(/C(F)=C(/F)c4ccccn4)cc3)cn2c1C. The number of aryl methyl sites for hydroxylation is 2. The van der Waals surface area contributed by atoms with Gasteiger partial charge in [-0.15, -0.1) is 0 Å². The first-order chi connectivity index (χ1) is 15.0. The van der Waals surface area contributed by atoms with Gasteiger partial charge < -0.3 is 9.72 Å². The third-order valence-electron chi connectivity index (χ3n) is 5.03. The fourth-order valence-electron chi connectivity index (χ4n) is 3.32. The maximum absolute atomic E-state index is 14.5. The zero-order valence-corrected chi connectivity index (χ0v) is 17.1. The van der Waals surface area contributed by atoms with Crippen molar-refractivity contribution in [2.24, 2.45) is 0 Å². The normalized spacial score (nSPS) is 12.0. The molecule has 0 radical (unpaired) electrons. The Morgan fingerprint density at radius 2 is 1.74 bits per heavy atom. The third kappa shape index (κ3) is 4.07. The van der Waals surface area contributed by atoms with E-state index in [0.29, 0.717) is 11.3 Å². The molecular formula is C24H20F2N4O. The molecule has 4 rings (SSSR count). The highest BCUT2D eigenvalue weighted by Crippen LogP contribution is 2.27. The highest BCUT2D eigenvalue weighted by Gasteiger charge is 2.14. The van der Waals surface area contributed by atoms with Crippen molar-refractivity contribution >= 4 is 28.9 Å². The minimum absolute atomic E-state index is 0.0299. The number of pyridine rings is 2. The van der Waals surface area contributed by atoms with Gasteiger partial charge in [0.1, 0.15) is 11.3 Å². The van der Waals surface area contributed by atoms with Crippen LogP contribution in [0.5, 0.6) is 0 Å². The maximum atomic E-state index is 14.5. The summed E-state index contributed by atoms with van der Waals surface area (Å²) in [6.07, 6.45) is 4.03. The zero-order chi connectivity index (χ0) is 22.0. The van der Waals surface area contributed by atoms with Gasteiger partial charge in [0, 0.05) is 29.2 Å². The van der Waals surface area contributed by atoms with Crippen molar-refractivity contribution in [2.45, 2.75) is 20.3 Å². The van der Waals surface area contributed by atoms with Gasteiger partial charge in [0.25, 0.3) is 5.91 Å². The van der Waals surface area contributed by atoms with Crippen molar-refractivity contribution in [1.29, 1.82) is 0 Å². The van der Waals surface area contributed by atoms with Gasteiger partial charge >= 0.3 is 0 Å². The van der Waals surface area contributed by atoms with Crippen molar-refractivity contribution in [1.82, 2.24) is 14.4 Å². The van der Waals surface area contributed by atoms with Crippen molar-refractivity contribution in [3.8, 4) is 0 Å². The summed E-state index contributed by atoms with van der Waals surface area (Å²) in [5, 5.41) is 2.82. The largest absolute Gasteiger partial charge is 0.321 e. The van der Waals surface area contributed by atoms with Gasteiger partial charge in [-0.2, -0.15) is 0 Å². The summed E-state index contributed by atoms with van der Waals surface area (Å²) < 4.78 is 30.7. The Morgan fingerprint density at radius 1 is 1.00 bits per heavy atom. The van der Waals surface area contributed by atoms with Crippen LogP contribution in [0.4, 0.5) is 14.5 Å². The highest BCUT2D eigenvalue weighted by atomic mass is 19.2. The van der Waals surface area contributed by atoms with Crippen molar-refractivity contribution in [3.63, 3.8) is 0 Å². The summed E-state index contributed by atoms with van der Waals surface area (Å²) in [7, 11) is 0. The lowest BCUT2D eigenvalue weighted by Crippen LogP contribution is -2.12. The monoisotopic (exact) mass is 418 g/mol. The van der Waals surface area contributed by atoms with Crippen LogP contribution in [0.25, 0.3) is 17.3 Å². The molecule has 5 nitrogen and oxygen atoms in total. The second-order valence-electron chi connectivity index (χ2n) is 7.02. The lowest BCUT2D eigenvalue weighted by molar-refractivity contribution is 0.102. The molecule has 1 N–H and O–H groups in total. The first-order valence-electron chi connectivity index (χ1n) is 9.84. The van der Waals surface area contributed by atoms with Gasteiger partial charge in [0.15, 0.2) is 11.7 Å². The number of fused-ring (bicyclic) bond motifs is 1. The van der Waals surface area contributed by atoms with Crippen molar-refractivity contribution in [3.05, 3.63) is 95.2 Å². The molecule has 0 spiro atoms. The van der Waals surface area contributed by atoms with Crippen LogP contribution in [0.15, 0.2) is 67.0 Å². The van der Waals surface area contributed by atoms with E-state index in [0.717, 1.165) is 23.5 Å². The quantitative estimate of drug-likeness (QED) is 0.458. The number of aromatic nitrogens is 3. The lowest BCUT2D eigenvalue weighted by Gasteiger charge is -2.07. The number of nitrogens with one attached hydrogen (secondary N) is 1. The molecule has 0 bridgehead atoms. The van der Waals surface area contributed by atoms with E-state index < -0.39 is 11.7 Å². The van der Waals surface area contributed by atoms with Crippen molar-refractivity contribution in [2.75, 3.05) is 5.32 Å². The van der Waals surface area contributed by atoms with E-state index in [9.17, 15) is 13.6 Å². The van der Waals surface area contributed by atoms with Crippen LogP contribution in [-0.2, 0) is 6.42 Å². The summed E-state index contributed by atoms with van der Waals surface area (Å²) in [4.78, 5) is 21.0. The second-order valence-corrected chi connectivity index (χ2v) is 7.02. The number of hydrogen-bond donors (Lipinski definition) is 1. The van der Waals surface area contributed by atoms with Crippen LogP contribution in [0.3, 0.4) is 0 Å². The topological polar surface area (TPSA) is 59.3 Å². The number of anilines is 1. The minimum Gasteiger partial charge on any atom is -0.321 e. The van der Waals surface area contributed by atoms with Crippen LogP contribution in [0.1, 0.15) is 39.9 Å². The zero-order valence-electron chi connectivity index (χ0n) is 17.1. The first-order valence-corrected chi connectivity index (χ1v) is 9.84. The highest BCUT2D eigenvalue weighted by molar-refractivity contribution is 6.04. The molecule has 0 saturated carbocycles. The van der Waals surface area contributed by atoms with Crippen LogP contribution in [0, 0.1) is 6.92 Å². The van der Waals surface area contributed by atoms with E-state index in [1.165, 1.54) is 36.5 Å². The summed E-state index contributed by atoms with van der Waals surface area (Å²) in [6.45, 7) is 4.02.